The highest BCUT2D eigenvalue weighted by atomic mass is 32.2. The van der Waals surface area contributed by atoms with E-state index in [0.29, 0.717) is 0 Å². The van der Waals surface area contributed by atoms with Gasteiger partial charge in [-0.25, -0.2) is 8.78 Å². The van der Waals surface area contributed by atoms with Crippen molar-refractivity contribution < 1.29 is 13.6 Å². The van der Waals surface area contributed by atoms with E-state index < -0.39 is 11.6 Å². The van der Waals surface area contributed by atoms with E-state index in [0.717, 1.165) is 27.8 Å². The van der Waals surface area contributed by atoms with E-state index in [1.807, 2.05) is 42.5 Å². The summed E-state index contributed by atoms with van der Waals surface area (Å²) in [7, 11) is 0. The molecule has 3 aromatic rings. The van der Waals surface area contributed by atoms with Gasteiger partial charge in [0.25, 0.3) is 0 Å². The molecule has 4 heteroatoms. The highest BCUT2D eigenvalue weighted by molar-refractivity contribution is 8.00. The van der Waals surface area contributed by atoms with Crippen molar-refractivity contribution in [2.45, 2.75) is 17.1 Å². The second-order valence-electron chi connectivity index (χ2n) is 5.26. The van der Waals surface area contributed by atoms with Crippen LogP contribution in [0.4, 0.5) is 8.78 Å². The van der Waals surface area contributed by atoms with Gasteiger partial charge in [-0.1, -0.05) is 30.3 Å². The Hall–Kier alpha value is -2.20. The SMILES string of the molecule is C[C@@H](Sc1ccc2ccccc2c1)C(=O)c1ccc(F)c(F)c1. The van der Waals surface area contributed by atoms with Crippen molar-refractivity contribution in [3.63, 3.8) is 0 Å². The fourth-order valence-corrected chi connectivity index (χ4v) is 3.38. The molecule has 0 aliphatic heterocycles. The van der Waals surface area contributed by atoms with E-state index in [1.54, 1.807) is 6.92 Å². The third-order valence-corrected chi connectivity index (χ3v) is 4.70. The van der Waals surface area contributed by atoms with Crippen LogP contribution in [-0.2, 0) is 0 Å². The van der Waals surface area contributed by atoms with Gasteiger partial charge in [0.05, 0.1) is 5.25 Å². The van der Waals surface area contributed by atoms with Crippen LogP contribution in [0.2, 0.25) is 0 Å². The summed E-state index contributed by atoms with van der Waals surface area (Å²) in [6.45, 7) is 1.77. The van der Waals surface area contributed by atoms with Gasteiger partial charge in [-0.05, 0) is 48.0 Å². The molecule has 0 saturated carbocycles. The van der Waals surface area contributed by atoms with Crippen LogP contribution >= 0.6 is 11.8 Å². The van der Waals surface area contributed by atoms with E-state index in [-0.39, 0.29) is 16.6 Å². The lowest BCUT2D eigenvalue weighted by Gasteiger charge is -2.11. The van der Waals surface area contributed by atoms with Gasteiger partial charge in [0.2, 0.25) is 0 Å². The van der Waals surface area contributed by atoms with Crippen LogP contribution in [0.25, 0.3) is 10.8 Å². The van der Waals surface area contributed by atoms with Gasteiger partial charge in [-0.2, -0.15) is 0 Å². The molecule has 0 heterocycles. The highest BCUT2D eigenvalue weighted by Crippen LogP contribution is 2.28. The average molecular weight is 328 g/mol. The first kappa shape index (κ1) is 15.7. The summed E-state index contributed by atoms with van der Waals surface area (Å²) in [6, 6.07) is 17.2. The maximum atomic E-state index is 13.3. The third kappa shape index (κ3) is 3.42. The predicted molar refractivity (Wildman–Crippen MR) is 90.0 cm³/mol. The standard InChI is InChI=1S/C19H14F2OS/c1-12(19(22)15-7-9-17(20)18(21)11-15)23-16-8-6-13-4-2-3-5-14(13)10-16/h2-12H,1H3/t12-/m1/s1. The number of hydrogen-bond donors (Lipinski definition) is 0. The molecule has 1 atom stereocenters. The molecule has 0 fully saturated rings. The summed E-state index contributed by atoms with van der Waals surface area (Å²) in [5.41, 5.74) is 0.185. The fraction of sp³-hybridized carbons (Fsp3) is 0.105. The lowest BCUT2D eigenvalue weighted by atomic mass is 10.1. The molecule has 0 saturated heterocycles. The molecule has 116 valence electrons. The van der Waals surface area contributed by atoms with Crippen molar-refractivity contribution in [3.05, 3.63) is 77.9 Å². The summed E-state index contributed by atoms with van der Waals surface area (Å²) < 4.78 is 26.2. The molecule has 0 aliphatic carbocycles. The van der Waals surface area contributed by atoms with Gasteiger partial charge in [0.1, 0.15) is 0 Å². The Labute approximate surface area is 137 Å². The zero-order valence-electron chi connectivity index (χ0n) is 12.4. The first-order valence-electron chi connectivity index (χ1n) is 7.19. The summed E-state index contributed by atoms with van der Waals surface area (Å²) >= 11 is 1.41. The number of fused-ring (bicyclic) bond motifs is 1. The molecular weight excluding hydrogens is 314 g/mol. The first-order chi connectivity index (χ1) is 11.0. The minimum atomic E-state index is -1.00. The smallest absolute Gasteiger partial charge is 0.175 e. The maximum Gasteiger partial charge on any atom is 0.175 e. The summed E-state index contributed by atoms with van der Waals surface area (Å²) in [5.74, 6) is -2.17. The predicted octanol–water partition coefficient (Wildman–Crippen LogP) is 5.48. The maximum absolute atomic E-state index is 13.3. The van der Waals surface area contributed by atoms with Gasteiger partial charge in [0.15, 0.2) is 17.4 Å². The van der Waals surface area contributed by atoms with E-state index >= 15 is 0 Å². The number of hydrogen-bond acceptors (Lipinski definition) is 2. The molecule has 3 aromatic carbocycles. The van der Waals surface area contributed by atoms with Crippen molar-refractivity contribution >= 4 is 28.3 Å². The van der Waals surface area contributed by atoms with E-state index in [2.05, 4.69) is 0 Å². The molecule has 0 radical (unpaired) electrons. The zero-order valence-corrected chi connectivity index (χ0v) is 13.2. The Bertz CT molecular complexity index is 876. The van der Waals surface area contributed by atoms with Crippen molar-refractivity contribution in [3.8, 4) is 0 Å². The summed E-state index contributed by atoms with van der Waals surface area (Å²) in [4.78, 5) is 13.3. The molecule has 3 rings (SSSR count). The topological polar surface area (TPSA) is 17.1 Å². The highest BCUT2D eigenvalue weighted by Gasteiger charge is 2.18. The number of thioether (sulfide) groups is 1. The summed E-state index contributed by atoms with van der Waals surface area (Å²) in [5, 5.41) is 1.85. The number of carbonyl (C=O) groups is 1. The van der Waals surface area contributed by atoms with Crippen LogP contribution < -0.4 is 0 Å². The largest absolute Gasteiger partial charge is 0.293 e. The minimum Gasteiger partial charge on any atom is -0.293 e. The van der Waals surface area contributed by atoms with Crippen LogP contribution in [0, 0.1) is 11.6 Å². The van der Waals surface area contributed by atoms with Gasteiger partial charge in [-0.3, -0.25) is 4.79 Å². The molecule has 0 bridgehead atoms. The number of Topliss-reactive ketones (excluding diaryl/α,β-unsaturated/α-hetero) is 1. The van der Waals surface area contributed by atoms with E-state index in [1.165, 1.54) is 17.8 Å². The van der Waals surface area contributed by atoms with Crippen molar-refractivity contribution in [2.24, 2.45) is 0 Å². The van der Waals surface area contributed by atoms with Crippen LogP contribution in [-0.4, -0.2) is 11.0 Å². The quantitative estimate of drug-likeness (QED) is 0.466. The number of benzene rings is 3. The Morgan fingerprint density at radius 3 is 2.39 bits per heavy atom. The van der Waals surface area contributed by atoms with Crippen LogP contribution in [0.1, 0.15) is 17.3 Å². The van der Waals surface area contributed by atoms with Crippen molar-refractivity contribution in [1.82, 2.24) is 0 Å². The van der Waals surface area contributed by atoms with Gasteiger partial charge in [0, 0.05) is 10.5 Å². The van der Waals surface area contributed by atoms with E-state index in [9.17, 15) is 13.6 Å². The Balaban J connectivity index is 1.80. The second-order valence-corrected chi connectivity index (χ2v) is 6.68. The Morgan fingerprint density at radius 2 is 1.65 bits per heavy atom. The monoisotopic (exact) mass is 328 g/mol. The molecule has 0 spiro atoms. The molecule has 1 nitrogen and oxygen atoms in total. The van der Waals surface area contributed by atoms with Gasteiger partial charge in [-0.15, -0.1) is 11.8 Å². The van der Waals surface area contributed by atoms with Crippen LogP contribution in [0.15, 0.2) is 65.6 Å². The second kappa shape index (κ2) is 6.50. The van der Waals surface area contributed by atoms with Gasteiger partial charge < -0.3 is 0 Å². The summed E-state index contributed by atoms with van der Waals surface area (Å²) in [6.07, 6.45) is 0. The molecular formula is C19H14F2OS. The first-order valence-corrected chi connectivity index (χ1v) is 8.07. The molecule has 0 N–H and O–H groups in total. The van der Waals surface area contributed by atoms with Gasteiger partial charge >= 0.3 is 0 Å². The Morgan fingerprint density at radius 1 is 0.913 bits per heavy atom. The lowest BCUT2D eigenvalue weighted by molar-refractivity contribution is 0.0993. The Kier molecular flexibility index (Phi) is 4.44. The van der Waals surface area contributed by atoms with Crippen LogP contribution in [0.5, 0.6) is 0 Å². The minimum absolute atomic E-state index is 0.185. The van der Waals surface area contributed by atoms with Crippen molar-refractivity contribution in [1.29, 1.82) is 0 Å². The molecule has 0 unspecified atom stereocenters. The lowest BCUT2D eigenvalue weighted by Crippen LogP contribution is -2.13. The third-order valence-electron chi connectivity index (χ3n) is 3.61. The normalized spacial score (nSPS) is 12.3. The molecule has 0 aliphatic rings. The van der Waals surface area contributed by atoms with Crippen LogP contribution in [0.3, 0.4) is 0 Å². The molecule has 0 amide bonds. The van der Waals surface area contributed by atoms with E-state index in [4.69, 9.17) is 0 Å². The number of ketones is 1. The molecule has 23 heavy (non-hydrogen) atoms. The molecule has 0 aromatic heterocycles. The fourth-order valence-electron chi connectivity index (χ4n) is 2.38. The number of rotatable bonds is 4. The van der Waals surface area contributed by atoms with Crippen molar-refractivity contribution in [2.75, 3.05) is 0 Å². The zero-order chi connectivity index (χ0) is 16.4. The number of halogens is 2. The average Bonchev–Trinajstić information content (AvgIpc) is 2.56. The number of carbonyl (C=O) groups excluding carboxylic acids is 1.